The maximum Gasteiger partial charge on any atom is 0.204 e. The summed E-state index contributed by atoms with van der Waals surface area (Å²) in [6.07, 6.45) is 8.97. The van der Waals surface area contributed by atoms with E-state index in [9.17, 15) is 0 Å². The Labute approximate surface area is 98.1 Å². The van der Waals surface area contributed by atoms with Gasteiger partial charge in [-0.25, -0.2) is 0 Å². The van der Waals surface area contributed by atoms with Crippen LogP contribution in [0.4, 0.5) is 0 Å². The summed E-state index contributed by atoms with van der Waals surface area (Å²) in [7, 11) is 1.75. The molecule has 0 aromatic carbocycles. The Morgan fingerprint density at radius 1 is 1.19 bits per heavy atom. The molecular formula is C11H23N5. The van der Waals surface area contributed by atoms with Crippen LogP contribution >= 0.6 is 0 Å². The van der Waals surface area contributed by atoms with Crippen molar-refractivity contribution in [3.8, 4) is 6.19 Å². The molecule has 16 heavy (non-hydrogen) atoms. The van der Waals surface area contributed by atoms with Gasteiger partial charge in [-0.3, -0.25) is 10.3 Å². The van der Waals surface area contributed by atoms with Crippen LogP contribution in [-0.2, 0) is 0 Å². The fourth-order valence-electron chi connectivity index (χ4n) is 1.39. The normalized spacial score (nSPS) is 10.9. The van der Waals surface area contributed by atoms with Crippen molar-refractivity contribution in [1.29, 1.82) is 5.26 Å². The van der Waals surface area contributed by atoms with Crippen LogP contribution in [0.15, 0.2) is 4.99 Å². The van der Waals surface area contributed by atoms with Gasteiger partial charge in [-0.2, -0.15) is 5.26 Å². The van der Waals surface area contributed by atoms with Crippen LogP contribution in [0, 0.1) is 11.5 Å². The molecule has 0 spiro atoms. The van der Waals surface area contributed by atoms with Gasteiger partial charge in [0.15, 0.2) is 6.19 Å². The first-order chi connectivity index (χ1) is 7.85. The van der Waals surface area contributed by atoms with Gasteiger partial charge in [-0.05, 0) is 19.4 Å². The molecule has 0 fully saturated rings. The van der Waals surface area contributed by atoms with Crippen molar-refractivity contribution < 1.29 is 0 Å². The molecule has 0 atom stereocenters. The number of guanidine groups is 1. The molecule has 0 bridgehead atoms. The Kier molecular flexibility index (Phi) is 10.8. The number of nitriles is 1. The molecule has 0 aliphatic carbocycles. The predicted molar refractivity (Wildman–Crippen MR) is 66.9 cm³/mol. The highest BCUT2D eigenvalue weighted by Crippen LogP contribution is 2.04. The largest absolute Gasteiger partial charge is 0.359 e. The molecular weight excluding hydrogens is 202 g/mol. The standard InChI is InChI=1S/C11H23N5/c1-14-11(16-10-13)15-9-7-5-3-2-4-6-8-12/h2-9,12H2,1H3,(H2,14,15,16). The third-order valence-electron chi connectivity index (χ3n) is 2.29. The zero-order valence-corrected chi connectivity index (χ0v) is 10.1. The summed E-state index contributed by atoms with van der Waals surface area (Å²) in [4.78, 5) is 4.22. The molecule has 0 aromatic heterocycles. The van der Waals surface area contributed by atoms with E-state index in [0.29, 0.717) is 5.96 Å². The fraction of sp³-hybridized carbons (Fsp3) is 0.818. The number of unbranched alkanes of at least 4 members (excludes halogenated alkanes) is 5. The van der Waals surface area contributed by atoms with Crippen molar-refractivity contribution in [3.63, 3.8) is 0 Å². The Hall–Kier alpha value is -1.28. The number of nitrogens with zero attached hydrogens (tertiary/aromatic N) is 2. The highest BCUT2D eigenvalue weighted by Gasteiger charge is 1.93. The maximum atomic E-state index is 8.40. The van der Waals surface area contributed by atoms with Crippen molar-refractivity contribution in [2.24, 2.45) is 10.7 Å². The lowest BCUT2D eigenvalue weighted by Gasteiger charge is -2.02. The molecule has 0 rings (SSSR count). The van der Waals surface area contributed by atoms with E-state index in [1.165, 1.54) is 25.7 Å². The number of hydrogen-bond donors (Lipinski definition) is 3. The van der Waals surface area contributed by atoms with Crippen LogP contribution in [0.2, 0.25) is 0 Å². The lowest BCUT2D eigenvalue weighted by molar-refractivity contribution is 0.601. The minimum Gasteiger partial charge on any atom is -0.359 e. The fourth-order valence-corrected chi connectivity index (χ4v) is 1.39. The average molecular weight is 225 g/mol. The van der Waals surface area contributed by atoms with Crippen LogP contribution in [0.25, 0.3) is 0 Å². The summed E-state index contributed by atoms with van der Waals surface area (Å²) in [6, 6.07) is 0. The quantitative estimate of drug-likeness (QED) is 0.189. The van der Waals surface area contributed by atoms with Crippen molar-refractivity contribution in [2.45, 2.75) is 38.5 Å². The van der Waals surface area contributed by atoms with Crippen molar-refractivity contribution in [2.75, 3.05) is 20.1 Å². The van der Waals surface area contributed by atoms with Crippen molar-refractivity contribution >= 4 is 5.96 Å². The number of nitrogens with one attached hydrogen (secondary N) is 2. The summed E-state index contributed by atoms with van der Waals surface area (Å²) >= 11 is 0. The Morgan fingerprint density at radius 2 is 1.81 bits per heavy atom. The van der Waals surface area contributed by atoms with Crippen molar-refractivity contribution in [3.05, 3.63) is 0 Å². The molecule has 0 radical (unpaired) electrons. The first-order valence-electron chi connectivity index (χ1n) is 5.92. The highest BCUT2D eigenvalue weighted by molar-refractivity contribution is 5.80. The van der Waals surface area contributed by atoms with E-state index in [1.807, 2.05) is 6.19 Å². The Bertz CT molecular complexity index is 219. The smallest absolute Gasteiger partial charge is 0.204 e. The van der Waals surface area contributed by atoms with Crippen LogP contribution in [-0.4, -0.2) is 26.1 Å². The summed E-state index contributed by atoms with van der Waals surface area (Å²) in [5, 5.41) is 13.7. The topological polar surface area (TPSA) is 86.2 Å². The summed E-state index contributed by atoms with van der Waals surface area (Å²) in [5.41, 5.74) is 5.41. The Morgan fingerprint density at radius 3 is 2.38 bits per heavy atom. The molecule has 0 heterocycles. The number of rotatable bonds is 8. The van der Waals surface area contributed by atoms with E-state index < -0.39 is 0 Å². The number of nitrogens with two attached hydrogens (primary N) is 1. The van der Waals surface area contributed by atoms with Crippen LogP contribution in [0.3, 0.4) is 0 Å². The Balaban J connectivity index is 3.34. The lowest BCUT2D eigenvalue weighted by Crippen LogP contribution is -2.31. The van der Waals surface area contributed by atoms with E-state index in [-0.39, 0.29) is 0 Å². The third kappa shape index (κ3) is 9.28. The van der Waals surface area contributed by atoms with Crippen molar-refractivity contribution in [1.82, 2.24) is 10.6 Å². The monoisotopic (exact) mass is 225 g/mol. The molecule has 5 heteroatoms. The average Bonchev–Trinajstić information content (AvgIpc) is 2.31. The summed E-state index contributed by atoms with van der Waals surface area (Å²) in [5.74, 6) is 0.547. The minimum atomic E-state index is 0.547. The summed E-state index contributed by atoms with van der Waals surface area (Å²) in [6.45, 7) is 1.57. The molecule has 4 N–H and O–H groups in total. The second kappa shape index (κ2) is 11.8. The van der Waals surface area contributed by atoms with E-state index >= 15 is 0 Å². The van der Waals surface area contributed by atoms with Gasteiger partial charge >= 0.3 is 0 Å². The maximum absolute atomic E-state index is 8.40. The second-order valence-corrected chi connectivity index (χ2v) is 3.63. The van der Waals surface area contributed by atoms with E-state index in [2.05, 4.69) is 15.6 Å². The molecule has 92 valence electrons. The molecule has 5 nitrogen and oxygen atoms in total. The van der Waals surface area contributed by atoms with Gasteiger partial charge in [0.05, 0.1) is 0 Å². The second-order valence-electron chi connectivity index (χ2n) is 3.63. The van der Waals surface area contributed by atoms with Crippen LogP contribution in [0.5, 0.6) is 0 Å². The van der Waals surface area contributed by atoms with Crippen LogP contribution in [0.1, 0.15) is 38.5 Å². The van der Waals surface area contributed by atoms with E-state index in [1.54, 1.807) is 7.05 Å². The summed E-state index contributed by atoms with van der Waals surface area (Å²) < 4.78 is 0. The van der Waals surface area contributed by atoms with E-state index in [4.69, 9.17) is 11.0 Å². The van der Waals surface area contributed by atoms with Gasteiger partial charge in [0.25, 0.3) is 0 Å². The highest BCUT2D eigenvalue weighted by atomic mass is 15.1. The zero-order chi connectivity index (χ0) is 12.1. The number of hydrogen-bond acceptors (Lipinski definition) is 3. The SMILES string of the molecule is CN/C(=N/CCCCCCCCN)NC#N. The minimum absolute atomic E-state index is 0.547. The van der Waals surface area contributed by atoms with Gasteiger partial charge in [0.2, 0.25) is 5.96 Å². The van der Waals surface area contributed by atoms with Gasteiger partial charge in [0.1, 0.15) is 0 Å². The lowest BCUT2D eigenvalue weighted by atomic mass is 10.1. The zero-order valence-electron chi connectivity index (χ0n) is 10.1. The molecule has 0 saturated carbocycles. The molecule has 0 aliphatic rings. The third-order valence-corrected chi connectivity index (χ3v) is 2.29. The first-order valence-corrected chi connectivity index (χ1v) is 5.92. The van der Waals surface area contributed by atoms with Gasteiger partial charge in [-0.1, -0.05) is 25.7 Å². The molecule has 0 saturated heterocycles. The molecule has 0 aromatic rings. The van der Waals surface area contributed by atoms with Gasteiger partial charge in [-0.15, -0.1) is 0 Å². The first kappa shape index (κ1) is 14.7. The predicted octanol–water partition coefficient (Wildman–Crippen LogP) is 0.932. The molecule has 0 amide bonds. The van der Waals surface area contributed by atoms with E-state index in [0.717, 1.165) is 25.9 Å². The number of aliphatic imine (C=N–C) groups is 1. The van der Waals surface area contributed by atoms with Crippen LogP contribution < -0.4 is 16.4 Å². The molecule has 0 aliphatic heterocycles. The van der Waals surface area contributed by atoms with Gasteiger partial charge < -0.3 is 11.1 Å². The molecule has 0 unspecified atom stereocenters. The van der Waals surface area contributed by atoms with Gasteiger partial charge in [0, 0.05) is 13.6 Å².